The first kappa shape index (κ1) is 20.2. The zero-order chi connectivity index (χ0) is 22.0. The van der Waals surface area contributed by atoms with Crippen LogP contribution in [0.15, 0.2) is 40.5 Å². The quantitative estimate of drug-likeness (QED) is 0.666. The number of amides is 1. The van der Waals surface area contributed by atoms with Crippen LogP contribution >= 0.6 is 0 Å². The predicted octanol–water partition coefficient (Wildman–Crippen LogP) is 0.410. The molecule has 3 heterocycles. The van der Waals surface area contributed by atoms with Gasteiger partial charge >= 0.3 is 0 Å². The molecule has 3 aliphatic rings. The van der Waals surface area contributed by atoms with Gasteiger partial charge in [-0.1, -0.05) is 0 Å². The molecule has 0 radical (unpaired) electrons. The molecule has 0 spiro atoms. The van der Waals surface area contributed by atoms with Gasteiger partial charge in [-0.15, -0.1) is 0 Å². The van der Waals surface area contributed by atoms with Crippen molar-refractivity contribution < 1.29 is 13.2 Å². The van der Waals surface area contributed by atoms with Crippen molar-refractivity contribution >= 4 is 27.6 Å². The molecular weight excluding hydrogens is 418 g/mol. The topological polar surface area (TPSA) is 126 Å². The summed E-state index contributed by atoms with van der Waals surface area (Å²) in [6, 6.07) is 4.59. The summed E-state index contributed by atoms with van der Waals surface area (Å²) >= 11 is 0. The summed E-state index contributed by atoms with van der Waals surface area (Å²) in [7, 11) is -1.92. The van der Waals surface area contributed by atoms with Crippen LogP contribution in [-0.2, 0) is 23.6 Å². The van der Waals surface area contributed by atoms with Crippen LogP contribution in [-0.4, -0.2) is 59.6 Å². The first-order valence-electron chi connectivity index (χ1n) is 10.2. The molecule has 1 amide bonds. The predicted molar refractivity (Wildman–Crippen MR) is 115 cm³/mol. The first-order chi connectivity index (χ1) is 14.7. The minimum atomic E-state index is -3.73. The average molecular weight is 444 g/mol. The highest BCUT2D eigenvalue weighted by Gasteiger charge is 2.44. The third-order valence-corrected chi connectivity index (χ3v) is 7.67. The summed E-state index contributed by atoms with van der Waals surface area (Å²) in [4.78, 5) is 21.7. The first-order valence-corrected chi connectivity index (χ1v) is 11.7. The number of aryl methyl sites for hydroxylation is 1. The summed E-state index contributed by atoms with van der Waals surface area (Å²) in [5.41, 5.74) is 7.39. The van der Waals surface area contributed by atoms with Gasteiger partial charge in [0.15, 0.2) is 0 Å². The third kappa shape index (κ3) is 3.42. The van der Waals surface area contributed by atoms with Crippen LogP contribution in [0.1, 0.15) is 35.7 Å². The molecule has 1 aromatic carbocycles. The number of nitrogens with zero attached hydrogens (tertiary/aromatic N) is 5. The molecule has 0 saturated heterocycles. The summed E-state index contributed by atoms with van der Waals surface area (Å²) in [5.74, 6) is 0.247. The number of fused-ring (bicyclic) bond motifs is 3. The van der Waals surface area contributed by atoms with E-state index in [1.165, 1.54) is 6.07 Å². The maximum atomic E-state index is 13.5. The van der Waals surface area contributed by atoms with Gasteiger partial charge in [-0.05, 0) is 38.0 Å². The second kappa shape index (κ2) is 6.87. The summed E-state index contributed by atoms with van der Waals surface area (Å²) in [6.45, 7) is 3.00. The molecule has 2 aliphatic heterocycles. The molecule has 11 heteroatoms. The molecule has 1 aromatic heterocycles. The summed E-state index contributed by atoms with van der Waals surface area (Å²) in [6.07, 6.45) is 5.15. The second-order valence-electron chi connectivity index (χ2n) is 8.66. The Morgan fingerprint density at radius 3 is 2.74 bits per heavy atom. The molecule has 1 fully saturated rings. The van der Waals surface area contributed by atoms with Crippen molar-refractivity contribution in [3.05, 3.63) is 41.7 Å². The van der Waals surface area contributed by atoms with Gasteiger partial charge in [-0.2, -0.15) is 5.10 Å². The number of nitrogens with two attached hydrogens (primary N) is 1. The van der Waals surface area contributed by atoms with Crippen molar-refractivity contribution in [2.75, 3.05) is 18.0 Å². The molecule has 10 nitrogen and oxygen atoms in total. The van der Waals surface area contributed by atoms with E-state index in [0.717, 1.165) is 18.4 Å². The van der Waals surface area contributed by atoms with Gasteiger partial charge in [0, 0.05) is 30.9 Å². The van der Waals surface area contributed by atoms with Gasteiger partial charge in [0.25, 0.3) is 5.91 Å². The minimum Gasteiger partial charge on any atom is -0.328 e. The number of hydrogen-bond donors (Lipinski definition) is 2. The van der Waals surface area contributed by atoms with Crippen LogP contribution < -0.4 is 15.4 Å². The fraction of sp³-hybridized carbons (Fsp3) is 0.450. The van der Waals surface area contributed by atoms with Crippen LogP contribution in [0.25, 0.3) is 0 Å². The molecular formula is C20H25N7O3S. The molecule has 1 saturated carbocycles. The van der Waals surface area contributed by atoms with Crippen LogP contribution in [0.2, 0.25) is 0 Å². The van der Waals surface area contributed by atoms with Gasteiger partial charge in [-0.25, -0.2) is 13.1 Å². The van der Waals surface area contributed by atoms with E-state index < -0.39 is 15.6 Å². The zero-order valence-electron chi connectivity index (χ0n) is 17.4. The van der Waals surface area contributed by atoms with Gasteiger partial charge in [-0.3, -0.25) is 19.4 Å². The lowest BCUT2D eigenvalue weighted by molar-refractivity contribution is 0.0832. The minimum absolute atomic E-state index is 0.0814. The van der Waals surface area contributed by atoms with E-state index >= 15 is 0 Å². The smallest absolute Gasteiger partial charge is 0.263 e. The summed E-state index contributed by atoms with van der Waals surface area (Å²) in [5, 5.41) is 4.17. The number of guanidine groups is 1. The van der Waals surface area contributed by atoms with E-state index in [1.807, 2.05) is 25.1 Å². The van der Waals surface area contributed by atoms with Crippen LogP contribution in [0.3, 0.4) is 0 Å². The Balaban J connectivity index is 1.56. The van der Waals surface area contributed by atoms with E-state index in [0.29, 0.717) is 30.3 Å². The number of nitrogens with one attached hydrogen (secondary N) is 1. The number of rotatable bonds is 6. The number of benzene rings is 1. The second-order valence-corrected chi connectivity index (χ2v) is 10.3. The Bertz CT molecular complexity index is 1200. The van der Waals surface area contributed by atoms with Crippen LogP contribution in [0.4, 0.5) is 5.69 Å². The van der Waals surface area contributed by atoms with E-state index in [-0.39, 0.29) is 23.4 Å². The Labute approximate surface area is 180 Å². The molecule has 3 N–H and O–H groups in total. The SMILES string of the molecule is Cn1cc(CN2C(=O)c3cc(S(=O)(=O)NC4(C)CC4)ccc3N3C2=NC[C@H]3CN)cn1. The zero-order valence-corrected chi connectivity index (χ0v) is 18.3. The number of sulfonamides is 1. The number of carbonyl (C=O) groups is 1. The van der Waals surface area contributed by atoms with E-state index in [9.17, 15) is 13.2 Å². The summed E-state index contributed by atoms with van der Waals surface area (Å²) < 4.78 is 30.2. The molecule has 0 bridgehead atoms. The largest absolute Gasteiger partial charge is 0.328 e. The number of hydrogen-bond acceptors (Lipinski definition) is 7. The monoisotopic (exact) mass is 443 g/mol. The van der Waals surface area contributed by atoms with E-state index in [1.54, 1.807) is 27.9 Å². The highest BCUT2D eigenvalue weighted by molar-refractivity contribution is 7.89. The van der Waals surface area contributed by atoms with Crippen molar-refractivity contribution in [1.29, 1.82) is 0 Å². The van der Waals surface area contributed by atoms with E-state index in [2.05, 4.69) is 14.8 Å². The maximum absolute atomic E-state index is 13.5. The molecule has 31 heavy (non-hydrogen) atoms. The molecule has 1 atom stereocenters. The molecule has 164 valence electrons. The normalized spacial score (nSPS) is 21.7. The van der Waals surface area contributed by atoms with Crippen molar-refractivity contribution in [3.63, 3.8) is 0 Å². The van der Waals surface area contributed by atoms with Gasteiger partial charge in [0.2, 0.25) is 16.0 Å². The molecule has 2 aromatic rings. The van der Waals surface area contributed by atoms with Crippen molar-refractivity contribution in [3.8, 4) is 0 Å². The van der Waals surface area contributed by atoms with E-state index in [4.69, 9.17) is 5.73 Å². The van der Waals surface area contributed by atoms with Gasteiger partial charge in [0.05, 0.1) is 41.5 Å². The van der Waals surface area contributed by atoms with Gasteiger partial charge in [0.1, 0.15) is 0 Å². The Hall–Kier alpha value is -2.76. The molecule has 5 rings (SSSR count). The van der Waals surface area contributed by atoms with Gasteiger partial charge < -0.3 is 10.6 Å². The number of aromatic nitrogens is 2. The Kier molecular flexibility index (Phi) is 4.47. The fourth-order valence-corrected chi connectivity index (χ4v) is 5.55. The third-order valence-electron chi connectivity index (χ3n) is 6.03. The van der Waals surface area contributed by atoms with Crippen molar-refractivity contribution in [1.82, 2.24) is 19.4 Å². The number of aliphatic imine (C=N–C) groups is 1. The molecule has 1 aliphatic carbocycles. The van der Waals surface area contributed by atoms with Crippen LogP contribution in [0.5, 0.6) is 0 Å². The number of carbonyl (C=O) groups excluding carboxylic acids is 1. The Morgan fingerprint density at radius 1 is 1.32 bits per heavy atom. The van der Waals surface area contributed by atoms with Crippen molar-refractivity contribution in [2.24, 2.45) is 17.8 Å². The lowest BCUT2D eigenvalue weighted by Gasteiger charge is -2.38. The number of anilines is 1. The molecule has 0 unspecified atom stereocenters. The highest BCUT2D eigenvalue weighted by Crippen LogP contribution is 2.38. The maximum Gasteiger partial charge on any atom is 0.263 e. The van der Waals surface area contributed by atoms with Crippen molar-refractivity contribution in [2.45, 2.75) is 42.8 Å². The standard InChI is InChI=1S/C20H25N7O3S/c1-20(5-6-20)24-31(29,30)15-3-4-17-16(7-15)18(28)26(12-13-9-23-25(2)11-13)19-22-10-14(8-21)27(17)19/h3-4,7,9,11,14,24H,5-6,8,10,12,21H2,1-2H3/t14-/m1/s1. The fourth-order valence-electron chi connectivity index (χ4n) is 4.06. The van der Waals surface area contributed by atoms with Crippen LogP contribution in [0, 0.1) is 0 Å². The average Bonchev–Trinajstić information content (AvgIpc) is 3.12. The Morgan fingerprint density at radius 2 is 2.10 bits per heavy atom. The lowest BCUT2D eigenvalue weighted by Crippen LogP contribution is -2.54. The highest BCUT2D eigenvalue weighted by atomic mass is 32.2. The lowest BCUT2D eigenvalue weighted by atomic mass is 10.1.